The summed E-state index contributed by atoms with van der Waals surface area (Å²) in [6, 6.07) is 5.72. The average molecular weight is 407 g/mol. The summed E-state index contributed by atoms with van der Waals surface area (Å²) >= 11 is 3.29. The summed E-state index contributed by atoms with van der Waals surface area (Å²) in [5.74, 6) is -1.93. The molecule has 1 aromatic carbocycles. The van der Waals surface area contributed by atoms with Crippen LogP contribution in [0.1, 0.15) is 43.0 Å². The van der Waals surface area contributed by atoms with Crippen molar-refractivity contribution < 1.29 is 19.2 Å². The second-order valence-corrected chi connectivity index (χ2v) is 7.52. The number of Topliss-reactive ketones (excluding diaryl/α,β-unsaturated/α-hetero) is 1. The lowest BCUT2D eigenvalue weighted by atomic mass is 9.85. The van der Waals surface area contributed by atoms with Gasteiger partial charge in [-0.2, -0.15) is 0 Å². The van der Waals surface area contributed by atoms with Crippen LogP contribution in [0.5, 0.6) is 0 Å². The third-order valence-corrected chi connectivity index (χ3v) is 5.48. The average Bonchev–Trinajstić information content (AvgIpc) is 2.80. The van der Waals surface area contributed by atoms with Crippen molar-refractivity contribution in [3.8, 4) is 0 Å². The number of carbonyl (C=O) groups is 4. The van der Waals surface area contributed by atoms with Crippen LogP contribution in [-0.2, 0) is 9.59 Å². The molecule has 7 heteroatoms. The van der Waals surface area contributed by atoms with Crippen LogP contribution < -0.4 is 0 Å². The highest BCUT2D eigenvalue weighted by molar-refractivity contribution is 9.10. The molecule has 2 atom stereocenters. The minimum absolute atomic E-state index is 0.163. The number of urea groups is 1. The number of imide groups is 2. The molecule has 0 N–H and O–H groups in total. The highest BCUT2D eigenvalue weighted by Crippen LogP contribution is 2.31. The summed E-state index contributed by atoms with van der Waals surface area (Å²) < 4.78 is 0.824. The molecule has 132 valence electrons. The van der Waals surface area contributed by atoms with Gasteiger partial charge in [-0.25, -0.2) is 9.69 Å². The third kappa shape index (κ3) is 3.38. The van der Waals surface area contributed by atoms with Crippen LogP contribution in [0.4, 0.5) is 4.79 Å². The van der Waals surface area contributed by atoms with E-state index in [1.165, 1.54) is 0 Å². The highest BCUT2D eigenvalue weighted by Gasteiger charge is 2.49. The van der Waals surface area contributed by atoms with Crippen LogP contribution in [0.2, 0.25) is 0 Å². The molecular formula is C18H19BrN2O4. The zero-order valence-electron chi connectivity index (χ0n) is 13.9. The second-order valence-electron chi connectivity index (χ2n) is 6.61. The Hall–Kier alpha value is -2.02. The Balaban J connectivity index is 1.77. The van der Waals surface area contributed by atoms with Crippen LogP contribution in [0.15, 0.2) is 28.7 Å². The maximum absolute atomic E-state index is 12.6. The molecule has 4 amide bonds. The summed E-state index contributed by atoms with van der Waals surface area (Å²) in [5, 5.41) is 0. The first-order valence-corrected chi connectivity index (χ1v) is 9.17. The molecule has 1 heterocycles. The van der Waals surface area contributed by atoms with E-state index in [9.17, 15) is 19.2 Å². The van der Waals surface area contributed by atoms with Crippen LogP contribution >= 0.6 is 15.9 Å². The van der Waals surface area contributed by atoms with E-state index in [0.29, 0.717) is 12.0 Å². The Morgan fingerprint density at radius 3 is 2.36 bits per heavy atom. The second kappa shape index (κ2) is 7.07. The minimum Gasteiger partial charge on any atom is -0.292 e. The number of nitrogens with zero attached hydrogens (tertiary/aromatic N) is 2. The summed E-state index contributed by atoms with van der Waals surface area (Å²) in [7, 11) is 0. The van der Waals surface area contributed by atoms with Crippen molar-refractivity contribution in [2.75, 3.05) is 6.54 Å². The smallest absolute Gasteiger partial charge is 0.292 e. The topological polar surface area (TPSA) is 74.8 Å². The van der Waals surface area contributed by atoms with E-state index in [1.807, 2.05) is 6.92 Å². The maximum Gasteiger partial charge on any atom is 0.334 e. The number of amides is 4. The molecule has 1 aliphatic heterocycles. The Morgan fingerprint density at radius 2 is 1.72 bits per heavy atom. The minimum atomic E-state index is -0.909. The fourth-order valence-electron chi connectivity index (χ4n) is 3.51. The molecule has 1 saturated heterocycles. The molecule has 1 aliphatic carbocycles. The quantitative estimate of drug-likeness (QED) is 0.437. The number of hydrogen-bond acceptors (Lipinski definition) is 4. The lowest BCUT2D eigenvalue weighted by molar-refractivity contribution is -0.144. The van der Waals surface area contributed by atoms with Gasteiger partial charge < -0.3 is 0 Å². The van der Waals surface area contributed by atoms with Crippen molar-refractivity contribution >= 4 is 39.6 Å². The van der Waals surface area contributed by atoms with Crippen LogP contribution in [0.25, 0.3) is 0 Å². The predicted molar refractivity (Wildman–Crippen MR) is 93.8 cm³/mol. The Labute approximate surface area is 154 Å². The molecule has 1 saturated carbocycles. The van der Waals surface area contributed by atoms with Crippen molar-refractivity contribution in [2.24, 2.45) is 5.92 Å². The number of carbonyl (C=O) groups excluding carboxylic acids is 4. The largest absolute Gasteiger partial charge is 0.334 e. The van der Waals surface area contributed by atoms with Gasteiger partial charge in [0.05, 0.1) is 6.54 Å². The molecule has 2 aliphatic rings. The first-order chi connectivity index (χ1) is 11.9. The molecular weight excluding hydrogens is 388 g/mol. The molecule has 0 aromatic heterocycles. The zero-order valence-corrected chi connectivity index (χ0v) is 15.5. The summed E-state index contributed by atoms with van der Waals surface area (Å²) in [6.07, 6.45) is 3.62. The molecule has 2 fully saturated rings. The molecule has 3 rings (SSSR count). The normalized spacial score (nSPS) is 24.2. The lowest BCUT2D eigenvalue weighted by Crippen LogP contribution is -2.46. The predicted octanol–water partition coefficient (Wildman–Crippen LogP) is 3.00. The first kappa shape index (κ1) is 17.8. The molecule has 1 aromatic rings. The zero-order chi connectivity index (χ0) is 18.1. The molecule has 0 unspecified atom stereocenters. The SMILES string of the molecule is C[C@H]1CCCC[C@@H]1N1C(=O)C(=O)N(CC(=O)c2ccc(Br)cc2)C1=O. The van der Waals surface area contributed by atoms with Crippen molar-refractivity contribution in [1.29, 1.82) is 0 Å². The van der Waals surface area contributed by atoms with Crippen molar-refractivity contribution in [3.63, 3.8) is 0 Å². The molecule has 0 radical (unpaired) electrons. The van der Waals surface area contributed by atoms with E-state index >= 15 is 0 Å². The van der Waals surface area contributed by atoms with Crippen molar-refractivity contribution in [3.05, 3.63) is 34.3 Å². The fraction of sp³-hybridized carbons (Fsp3) is 0.444. The fourth-order valence-corrected chi connectivity index (χ4v) is 3.77. The van der Waals surface area contributed by atoms with E-state index in [2.05, 4.69) is 15.9 Å². The van der Waals surface area contributed by atoms with Gasteiger partial charge in [-0.1, -0.05) is 47.8 Å². The summed E-state index contributed by atoms with van der Waals surface area (Å²) in [5.41, 5.74) is 0.390. The Kier molecular flexibility index (Phi) is 5.03. The van der Waals surface area contributed by atoms with Crippen LogP contribution in [-0.4, -0.2) is 46.0 Å². The number of rotatable bonds is 4. The van der Waals surface area contributed by atoms with E-state index in [4.69, 9.17) is 0 Å². The highest BCUT2D eigenvalue weighted by atomic mass is 79.9. The van der Waals surface area contributed by atoms with Gasteiger partial charge in [-0.15, -0.1) is 0 Å². The van der Waals surface area contributed by atoms with Gasteiger partial charge in [-0.3, -0.25) is 19.3 Å². The van der Waals surface area contributed by atoms with Gasteiger partial charge in [0.1, 0.15) is 0 Å². The number of halogens is 1. The maximum atomic E-state index is 12.6. The standard InChI is InChI=1S/C18H19BrN2O4/c1-11-4-2-3-5-14(11)21-17(24)16(23)20(18(21)25)10-15(22)12-6-8-13(19)9-7-12/h6-9,11,14H,2-5,10H2,1H3/t11-,14-/m0/s1. The Bertz CT molecular complexity index is 731. The molecule has 6 nitrogen and oxygen atoms in total. The Morgan fingerprint density at radius 1 is 1.08 bits per heavy atom. The van der Waals surface area contributed by atoms with Gasteiger partial charge >= 0.3 is 17.8 Å². The van der Waals surface area contributed by atoms with Gasteiger partial charge in [0.2, 0.25) is 0 Å². The van der Waals surface area contributed by atoms with Crippen LogP contribution in [0.3, 0.4) is 0 Å². The van der Waals surface area contributed by atoms with Gasteiger partial charge in [0.25, 0.3) is 0 Å². The van der Waals surface area contributed by atoms with Crippen molar-refractivity contribution in [1.82, 2.24) is 9.80 Å². The number of ketones is 1. The molecule has 25 heavy (non-hydrogen) atoms. The monoisotopic (exact) mass is 406 g/mol. The van der Waals surface area contributed by atoms with Crippen LogP contribution in [0, 0.1) is 5.92 Å². The molecule has 0 spiro atoms. The first-order valence-electron chi connectivity index (χ1n) is 8.38. The summed E-state index contributed by atoms with van der Waals surface area (Å²) in [4.78, 5) is 51.4. The lowest BCUT2D eigenvalue weighted by Gasteiger charge is -2.34. The van der Waals surface area contributed by atoms with E-state index in [1.54, 1.807) is 24.3 Å². The third-order valence-electron chi connectivity index (χ3n) is 4.95. The van der Waals surface area contributed by atoms with Gasteiger partial charge in [-0.05, 0) is 30.9 Å². The van der Waals surface area contributed by atoms with E-state index in [-0.39, 0.29) is 17.7 Å². The molecule has 0 bridgehead atoms. The van der Waals surface area contributed by atoms with Gasteiger partial charge in [0, 0.05) is 16.1 Å². The van der Waals surface area contributed by atoms with E-state index < -0.39 is 24.4 Å². The van der Waals surface area contributed by atoms with E-state index in [0.717, 1.165) is 33.5 Å². The number of hydrogen-bond donors (Lipinski definition) is 0. The van der Waals surface area contributed by atoms with Crippen molar-refractivity contribution in [2.45, 2.75) is 38.6 Å². The van der Waals surface area contributed by atoms with Gasteiger partial charge in [0.15, 0.2) is 5.78 Å². The number of benzene rings is 1. The summed E-state index contributed by atoms with van der Waals surface area (Å²) in [6.45, 7) is 1.58.